The first-order valence-electron chi connectivity index (χ1n) is 10.4. The van der Waals surface area contributed by atoms with Crippen LogP contribution in [0.4, 0.5) is 22.0 Å². The van der Waals surface area contributed by atoms with Gasteiger partial charge in [-0.3, -0.25) is 4.98 Å². The van der Waals surface area contributed by atoms with Crippen LogP contribution in [0.2, 0.25) is 0 Å². The summed E-state index contributed by atoms with van der Waals surface area (Å²) in [5.41, 5.74) is 2.01. The number of pyridine rings is 1. The SMILES string of the molecule is C[C@@H](O[C@H]1CCc2cccnc2[C@@H]1c1ccc(F)cc1)c1cc(CF)cc(C(F)(F)F)c1. The molecule has 0 bridgehead atoms. The summed E-state index contributed by atoms with van der Waals surface area (Å²) in [6.45, 7) is 0.662. The fraction of sp³-hybridized carbons (Fsp3) is 0.320. The van der Waals surface area contributed by atoms with Crippen LogP contribution in [0, 0.1) is 5.82 Å². The first-order chi connectivity index (χ1) is 15.3. The highest BCUT2D eigenvalue weighted by Crippen LogP contribution is 2.40. The highest BCUT2D eigenvalue weighted by atomic mass is 19.4. The Hall–Kier alpha value is -2.80. The van der Waals surface area contributed by atoms with Crippen molar-refractivity contribution in [1.29, 1.82) is 0 Å². The van der Waals surface area contributed by atoms with E-state index in [4.69, 9.17) is 4.74 Å². The summed E-state index contributed by atoms with van der Waals surface area (Å²) in [6.07, 6.45) is -2.66. The average Bonchev–Trinajstić information content (AvgIpc) is 2.78. The van der Waals surface area contributed by atoms with E-state index < -0.39 is 24.5 Å². The molecule has 1 aliphatic rings. The molecule has 3 aromatic rings. The molecular formula is C25H22F5NO. The minimum absolute atomic E-state index is 0.0454. The van der Waals surface area contributed by atoms with Gasteiger partial charge in [-0.05, 0) is 72.4 Å². The first kappa shape index (κ1) is 22.4. The number of benzene rings is 2. The lowest BCUT2D eigenvalue weighted by molar-refractivity contribution is -0.137. The molecule has 32 heavy (non-hydrogen) atoms. The number of hydrogen-bond donors (Lipinski definition) is 0. The van der Waals surface area contributed by atoms with E-state index in [1.165, 1.54) is 18.2 Å². The Kier molecular flexibility index (Phi) is 6.29. The van der Waals surface area contributed by atoms with E-state index in [2.05, 4.69) is 4.98 Å². The molecule has 1 aliphatic carbocycles. The van der Waals surface area contributed by atoms with Gasteiger partial charge in [0.1, 0.15) is 12.5 Å². The summed E-state index contributed by atoms with van der Waals surface area (Å²) in [5.74, 6) is -0.659. The summed E-state index contributed by atoms with van der Waals surface area (Å²) >= 11 is 0. The largest absolute Gasteiger partial charge is 0.416 e. The predicted octanol–water partition coefficient (Wildman–Crippen LogP) is 6.93. The molecule has 0 unspecified atom stereocenters. The maximum Gasteiger partial charge on any atom is 0.416 e. The molecule has 0 amide bonds. The Balaban J connectivity index is 1.67. The monoisotopic (exact) mass is 447 g/mol. The van der Waals surface area contributed by atoms with E-state index in [0.29, 0.717) is 12.8 Å². The van der Waals surface area contributed by atoms with Crippen molar-refractivity contribution in [3.63, 3.8) is 0 Å². The van der Waals surface area contributed by atoms with Gasteiger partial charge in [-0.15, -0.1) is 0 Å². The van der Waals surface area contributed by atoms with Gasteiger partial charge in [0.25, 0.3) is 0 Å². The van der Waals surface area contributed by atoms with Gasteiger partial charge < -0.3 is 4.74 Å². The molecule has 0 fully saturated rings. The van der Waals surface area contributed by atoms with Gasteiger partial charge in [-0.2, -0.15) is 13.2 Å². The lowest BCUT2D eigenvalue weighted by atomic mass is 9.79. The molecule has 0 N–H and O–H groups in total. The molecule has 0 spiro atoms. The highest BCUT2D eigenvalue weighted by Gasteiger charge is 2.35. The van der Waals surface area contributed by atoms with Gasteiger partial charge in [-0.1, -0.05) is 24.3 Å². The van der Waals surface area contributed by atoms with E-state index in [1.54, 1.807) is 25.3 Å². The Morgan fingerprint density at radius 2 is 1.84 bits per heavy atom. The van der Waals surface area contributed by atoms with Gasteiger partial charge in [0.2, 0.25) is 0 Å². The maximum atomic E-state index is 13.5. The molecular weight excluding hydrogens is 425 g/mol. The fourth-order valence-corrected chi connectivity index (χ4v) is 4.31. The lowest BCUT2D eigenvalue weighted by Gasteiger charge is -2.35. The zero-order valence-corrected chi connectivity index (χ0v) is 17.4. The molecule has 7 heteroatoms. The van der Waals surface area contributed by atoms with Crippen LogP contribution in [0.3, 0.4) is 0 Å². The molecule has 2 aromatic carbocycles. The van der Waals surface area contributed by atoms with Crippen LogP contribution in [0.25, 0.3) is 0 Å². The van der Waals surface area contributed by atoms with Crippen molar-refractivity contribution >= 4 is 0 Å². The number of aryl methyl sites for hydroxylation is 1. The summed E-state index contributed by atoms with van der Waals surface area (Å²) in [5, 5.41) is 0. The minimum atomic E-state index is -4.58. The molecule has 168 valence electrons. The highest BCUT2D eigenvalue weighted by molar-refractivity contribution is 5.38. The number of rotatable bonds is 5. The maximum absolute atomic E-state index is 13.5. The van der Waals surface area contributed by atoms with E-state index in [1.807, 2.05) is 12.1 Å². The summed E-state index contributed by atoms with van der Waals surface area (Å²) in [7, 11) is 0. The number of alkyl halides is 4. The quantitative estimate of drug-likeness (QED) is 0.396. The lowest BCUT2D eigenvalue weighted by Crippen LogP contribution is -2.31. The van der Waals surface area contributed by atoms with E-state index >= 15 is 0 Å². The first-order valence-corrected chi connectivity index (χ1v) is 10.4. The van der Waals surface area contributed by atoms with Gasteiger partial charge in [-0.25, -0.2) is 8.78 Å². The van der Waals surface area contributed by atoms with Crippen LogP contribution in [0.5, 0.6) is 0 Å². The Morgan fingerprint density at radius 1 is 1.09 bits per heavy atom. The summed E-state index contributed by atoms with van der Waals surface area (Å²) < 4.78 is 72.9. The van der Waals surface area contributed by atoms with Crippen LogP contribution in [0.15, 0.2) is 60.8 Å². The third-order valence-electron chi connectivity index (χ3n) is 5.86. The van der Waals surface area contributed by atoms with Gasteiger partial charge in [0, 0.05) is 6.20 Å². The number of ether oxygens (including phenoxy) is 1. The van der Waals surface area contributed by atoms with Gasteiger partial charge in [0.15, 0.2) is 0 Å². The molecule has 0 saturated heterocycles. The fourth-order valence-electron chi connectivity index (χ4n) is 4.31. The topological polar surface area (TPSA) is 22.1 Å². The number of aromatic nitrogens is 1. The smallest absolute Gasteiger partial charge is 0.370 e. The zero-order valence-electron chi connectivity index (χ0n) is 17.4. The molecule has 3 atom stereocenters. The van der Waals surface area contributed by atoms with Crippen LogP contribution in [-0.2, 0) is 24.0 Å². The van der Waals surface area contributed by atoms with Crippen LogP contribution in [0.1, 0.15) is 58.9 Å². The van der Waals surface area contributed by atoms with Gasteiger partial charge >= 0.3 is 6.18 Å². The van der Waals surface area contributed by atoms with Crippen molar-refractivity contribution in [2.75, 3.05) is 0 Å². The molecule has 4 rings (SSSR count). The van der Waals surface area contributed by atoms with Crippen molar-refractivity contribution in [2.24, 2.45) is 0 Å². The molecule has 2 nitrogen and oxygen atoms in total. The van der Waals surface area contributed by atoms with E-state index in [0.717, 1.165) is 29.0 Å². The van der Waals surface area contributed by atoms with Crippen molar-refractivity contribution in [2.45, 2.75) is 50.7 Å². The number of halogens is 5. The van der Waals surface area contributed by atoms with Gasteiger partial charge in [0.05, 0.1) is 29.4 Å². The molecule has 0 aliphatic heterocycles. The van der Waals surface area contributed by atoms with E-state index in [9.17, 15) is 22.0 Å². The standard InChI is InChI=1S/C25H22F5NO/c1-15(19-11-16(14-26)12-20(13-19)25(28,29)30)32-22-9-6-18-3-2-10-31-24(18)23(22)17-4-7-21(27)8-5-17/h2-5,7-8,10-13,15,22-23H,6,9,14H2,1H3/t15-,22+,23-/m1/s1. The third kappa shape index (κ3) is 4.67. The molecule has 1 aromatic heterocycles. The average molecular weight is 447 g/mol. The van der Waals surface area contributed by atoms with Crippen LogP contribution < -0.4 is 0 Å². The Labute approximate surface area is 183 Å². The minimum Gasteiger partial charge on any atom is -0.370 e. The van der Waals surface area contributed by atoms with Crippen molar-refractivity contribution in [3.05, 3.63) is 100 Å². The van der Waals surface area contributed by atoms with Crippen LogP contribution in [-0.4, -0.2) is 11.1 Å². The summed E-state index contributed by atoms with van der Waals surface area (Å²) in [6, 6.07) is 13.2. The molecule has 0 saturated carbocycles. The number of hydrogen-bond acceptors (Lipinski definition) is 2. The normalized spacial score (nSPS) is 19.4. The summed E-state index contributed by atoms with van der Waals surface area (Å²) in [4.78, 5) is 4.53. The predicted molar refractivity (Wildman–Crippen MR) is 110 cm³/mol. The second-order valence-electron chi connectivity index (χ2n) is 8.03. The van der Waals surface area contributed by atoms with Crippen LogP contribution >= 0.6 is 0 Å². The number of nitrogens with zero attached hydrogens (tertiary/aromatic N) is 1. The van der Waals surface area contributed by atoms with Crippen molar-refractivity contribution in [1.82, 2.24) is 4.98 Å². The second kappa shape index (κ2) is 8.98. The molecule has 0 radical (unpaired) electrons. The third-order valence-corrected chi connectivity index (χ3v) is 5.86. The second-order valence-corrected chi connectivity index (χ2v) is 8.03. The number of fused-ring (bicyclic) bond motifs is 1. The van der Waals surface area contributed by atoms with Crippen molar-refractivity contribution in [3.8, 4) is 0 Å². The molecule has 1 heterocycles. The zero-order chi connectivity index (χ0) is 22.9. The van der Waals surface area contributed by atoms with E-state index in [-0.39, 0.29) is 29.0 Å². The Morgan fingerprint density at radius 3 is 2.53 bits per heavy atom. The Bertz CT molecular complexity index is 1080. The van der Waals surface area contributed by atoms with Crippen molar-refractivity contribution < 1.29 is 26.7 Å².